The smallest absolute Gasteiger partial charge is 0.248 e. The third kappa shape index (κ3) is 4.50. The molecule has 3 rings (SSSR count). The number of nitrogens with one attached hydrogen (secondary N) is 1. The van der Waals surface area contributed by atoms with Crippen LogP contribution in [0.1, 0.15) is 28.1 Å². The molecular weight excluding hydrogens is 341 g/mol. The van der Waals surface area contributed by atoms with Crippen LogP contribution in [0.15, 0.2) is 54.6 Å². The molecule has 0 saturated carbocycles. The predicted molar refractivity (Wildman–Crippen MR) is 106 cm³/mol. The Hall–Kier alpha value is -3.21. The van der Waals surface area contributed by atoms with Crippen LogP contribution in [-0.4, -0.2) is 15.7 Å². The molecular formula is C22H22FN3O. The van der Waals surface area contributed by atoms with E-state index < -0.39 is 0 Å². The largest absolute Gasteiger partial charge is 0.319 e. The fourth-order valence-corrected chi connectivity index (χ4v) is 2.89. The van der Waals surface area contributed by atoms with Crippen LogP contribution in [0.4, 0.5) is 10.1 Å². The average molecular weight is 363 g/mol. The quantitative estimate of drug-likeness (QED) is 0.671. The van der Waals surface area contributed by atoms with Gasteiger partial charge in [0, 0.05) is 6.08 Å². The molecule has 5 heteroatoms. The van der Waals surface area contributed by atoms with E-state index in [-0.39, 0.29) is 11.7 Å². The molecule has 0 atom stereocenters. The van der Waals surface area contributed by atoms with Crippen molar-refractivity contribution in [1.82, 2.24) is 9.78 Å². The molecule has 0 bridgehead atoms. The second-order valence-electron chi connectivity index (χ2n) is 6.50. The van der Waals surface area contributed by atoms with Gasteiger partial charge in [0.15, 0.2) is 0 Å². The maximum absolute atomic E-state index is 12.9. The minimum atomic E-state index is -0.302. The number of rotatable bonds is 5. The predicted octanol–water partition coefficient (Wildman–Crippen LogP) is 4.65. The zero-order chi connectivity index (χ0) is 19.4. The van der Waals surface area contributed by atoms with Crippen molar-refractivity contribution < 1.29 is 9.18 Å². The Balaban J connectivity index is 1.73. The third-order valence-corrected chi connectivity index (χ3v) is 4.51. The lowest BCUT2D eigenvalue weighted by atomic mass is 10.1. The van der Waals surface area contributed by atoms with E-state index in [9.17, 15) is 9.18 Å². The van der Waals surface area contributed by atoms with Crippen molar-refractivity contribution in [2.24, 2.45) is 0 Å². The fraction of sp³-hybridized carbons (Fsp3) is 0.182. The summed E-state index contributed by atoms with van der Waals surface area (Å²) in [5, 5.41) is 7.46. The highest BCUT2D eigenvalue weighted by atomic mass is 19.1. The van der Waals surface area contributed by atoms with Gasteiger partial charge in [0.1, 0.15) is 5.82 Å². The van der Waals surface area contributed by atoms with Gasteiger partial charge >= 0.3 is 0 Å². The number of hydrogen-bond acceptors (Lipinski definition) is 2. The summed E-state index contributed by atoms with van der Waals surface area (Å²) in [5.41, 5.74) is 5.55. The molecule has 27 heavy (non-hydrogen) atoms. The Kier molecular flexibility index (Phi) is 5.50. The van der Waals surface area contributed by atoms with Gasteiger partial charge in [-0.15, -0.1) is 0 Å². The SMILES string of the molecule is Cc1ccccc1Cn1nc(C)c(NC(=O)/C=C/c2ccc(F)cc2)c1C. The molecule has 0 aliphatic rings. The van der Waals surface area contributed by atoms with Gasteiger partial charge in [0.25, 0.3) is 0 Å². The van der Waals surface area contributed by atoms with Gasteiger partial charge in [-0.3, -0.25) is 9.48 Å². The van der Waals surface area contributed by atoms with Crippen LogP contribution in [0, 0.1) is 26.6 Å². The van der Waals surface area contributed by atoms with E-state index in [1.807, 2.05) is 30.7 Å². The first-order valence-corrected chi connectivity index (χ1v) is 8.77. The van der Waals surface area contributed by atoms with E-state index in [0.717, 1.165) is 22.6 Å². The maximum atomic E-state index is 12.9. The Morgan fingerprint density at radius 1 is 1.11 bits per heavy atom. The van der Waals surface area contributed by atoms with Crippen molar-refractivity contribution in [1.29, 1.82) is 0 Å². The number of hydrogen-bond donors (Lipinski definition) is 1. The molecule has 138 valence electrons. The molecule has 1 N–H and O–H groups in total. The van der Waals surface area contributed by atoms with Gasteiger partial charge in [-0.05, 0) is 55.7 Å². The summed E-state index contributed by atoms with van der Waals surface area (Å²) >= 11 is 0. The van der Waals surface area contributed by atoms with E-state index in [2.05, 4.69) is 29.5 Å². The van der Waals surface area contributed by atoms with Crippen LogP contribution < -0.4 is 5.32 Å². The maximum Gasteiger partial charge on any atom is 0.248 e. The Labute approximate surface area is 158 Å². The minimum Gasteiger partial charge on any atom is -0.319 e. The highest BCUT2D eigenvalue weighted by Gasteiger charge is 2.13. The monoisotopic (exact) mass is 363 g/mol. The zero-order valence-corrected chi connectivity index (χ0v) is 15.7. The molecule has 0 fully saturated rings. The number of aromatic nitrogens is 2. The number of nitrogens with zero attached hydrogens (tertiary/aromatic N) is 2. The second-order valence-corrected chi connectivity index (χ2v) is 6.50. The molecule has 0 radical (unpaired) electrons. The lowest BCUT2D eigenvalue weighted by Gasteiger charge is -2.08. The van der Waals surface area contributed by atoms with Crippen molar-refractivity contribution >= 4 is 17.7 Å². The van der Waals surface area contributed by atoms with Crippen LogP contribution in [0.25, 0.3) is 6.08 Å². The third-order valence-electron chi connectivity index (χ3n) is 4.51. The van der Waals surface area contributed by atoms with Crippen molar-refractivity contribution in [3.8, 4) is 0 Å². The lowest BCUT2D eigenvalue weighted by Crippen LogP contribution is -2.10. The van der Waals surface area contributed by atoms with Crippen molar-refractivity contribution in [2.75, 3.05) is 5.32 Å². The summed E-state index contributed by atoms with van der Waals surface area (Å²) < 4.78 is 14.8. The first-order chi connectivity index (χ1) is 12.9. The molecule has 3 aromatic rings. The molecule has 0 spiro atoms. The number of carbonyl (C=O) groups excluding carboxylic acids is 1. The number of anilines is 1. The molecule has 0 aliphatic heterocycles. The number of halogens is 1. The molecule has 0 aliphatic carbocycles. The van der Waals surface area contributed by atoms with Crippen molar-refractivity contribution in [3.05, 3.63) is 88.5 Å². The molecule has 4 nitrogen and oxygen atoms in total. The van der Waals surface area contributed by atoms with Crippen molar-refractivity contribution in [2.45, 2.75) is 27.3 Å². The minimum absolute atomic E-state index is 0.249. The van der Waals surface area contributed by atoms with E-state index in [1.54, 1.807) is 18.2 Å². The van der Waals surface area contributed by atoms with Gasteiger partial charge in [-0.1, -0.05) is 36.4 Å². The summed E-state index contributed by atoms with van der Waals surface area (Å²) in [6.45, 7) is 6.54. The lowest BCUT2D eigenvalue weighted by molar-refractivity contribution is -0.111. The number of benzene rings is 2. The van der Waals surface area contributed by atoms with Gasteiger partial charge in [-0.25, -0.2) is 4.39 Å². The molecule has 1 aromatic heterocycles. The standard InChI is InChI=1S/C22H22FN3O/c1-15-6-4-5-7-19(15)14-26-17(3)22(16(2)25-26)24-21(27)13-10-18-8-11-20(23)12-9-18/h4-13H,14H2,1-3H3,(H,24,27)/b13-10+. The summed E-state index contributed by atoms with van der Waals surface area (Å²) in [6.07, 6.45) is 3.09. The van der Waals surface area contributed by atoms with E-state index in [0.29, 0.717) is 6.54 Å². The summed E-state index contributed by atoms with van der Waals surface area (Å²) in [5.74, 6) is -0.551. The summed E-state index contributed by atoms with van der Waals surface area (Å²) in [7, 11) is 0. The molecule has 0 saturated heterocycles. The van der Waals surface area contributed by atoms with Crippen molar-refractivity contribution in [3.63, 3.8) is 0 Å². The molecule has 0 unspecified atom stereocenters. The Bertz CT molecular complexity index is 987. The average Bonchev–Trinajstić information content (AvgIpc) is 2.90. The normalized spacial score (nSPS) is 11.1. The van der Waals surface area contributed by atoms with Gasteiger partial charge in [-0.2, -0.15) is 5.10 Å². The number of amides is 1. The summed E-state index contributed by atoms with van der Waals surface area (Å²) in [6, 6.07) is 14.1. The van der Waals surface area contributed by atoms with Gasteiger partial charge in [0.05, 0.1) is 23.6 Å². The van der Waals surface area contributed by atoms with Crippen LogP contribution in [-0.2, 0) is 11.3 Å². The molecule has 2 aromatic carbocycles. The number of aryl methyl sites for hydroxylation is 2. The van der Waals surface area contributed by atoms with E-state index in [1.165, 1.54) is 29.3 Å². The Morgan fingerprint density at radius 2 is 1.81 bits per heavy atom. The zero-order valence-electron chi connectivity index (χ0n) is 15.7. The first kappa shape index (κ1) is 18.6. The van der Waals surface area contributed by atoms with Crippen LogP contribution in [0.2, 0.25) is 0 Å². The Morgan fingerprint density at radius 3 is 2.52 bits per heavy atom. The van der Waals surface area contributed by atoms with Gasteiger partial charge in [0.2, 0.25) is 5.91 Å². The second kappa shape index (κ2) is 7.99. The van der Waals surface area contributed by atoms with E-state index in [4.69, 9.17) is 0 Å². The highest BCUT2D eigenvalue weighted by molar-refractivity contribution is 6.02. The molecule has 1 heterocycles. The van der Waals surface area contributed by atoms with Crippen LogP contribution >= 0.6 is 0 Å². The summed E-state index contributed by atoms with van der Waals surface area (Å²) in [4.78, 5) is 12.3. The molecule has 1 amide bonds. The number of carbonyl (C=O) groups is 1. The topological polar surface area (TPSA) is 46.9 Å². The highest BCUT2D eigenvalue weighted by Crippen LogP contribution is 2.21. The van der Waals surface area contributed by atoms with E-state index >= 15 is 0 Å². The van der Waals surface area contributed by atoms with Gasteiger partial charge < -0.3 is 5.32 Å². The van der Waals surface area contributed by atoms with Crippen LogP contribution in [0.5, 0.6) is 0 Å². The van der Waals surface area contributed by atoms with Crippen LogP contribution in [0.3, 0.4) is 0 Å². The fourth-order valence-electron chi connectivity index (χ4n) is 2.89. The first-order valence-electron chi connectivity index (χ1n) is 8.77.